The fourth-order valence-electron chi connectivity index (χ4n) is 2.16. The molecule has 0 radical (unpaired) electrons. The minimum absolute atomic E-state index is 0.718. The van der Waals surface area contributed by atoms with Crippen molar-refractivity contribution in [2.24, 2.45) is 0 Å². The molecular formula is C14H16N4O. The molecule has 0 aliphatic carbocycles. The Kier molecular flexibility index (Phi) is 3.29. The number of nitrogens with zero attached hydrogens (tertiary/aromatic N) is 3. The number of rotatable bonds is 2. The second-order valence-electron chi connectivity index (χ2n) is 4.46. The van der Waals surface area contributed by atoms with Crippen molar-refractivity contribution in [3.8, 4) is 11.3 Å². The third kappa shape index (κ3) is 2.51. The monoisotopic (exact) mass is 256 g/mol. The SMILES string of the molecule is Nc1ccccc1-c1ccc(N2CCOCC2)nn1. The first-order valence-electron chi connectivity index (χ1n) is 6.36. The van der Waals surface area contributed by atoms with Gasteiger partial charge in [-0.15, -0.1) is 10.2 Å². The van der Waals surface area contributed by atoms with E-state index in [9.17, 15) is 0 Å². The van der Waals surface area contributed by atoms with Crippen molar-refractivity contribution in [2.45, 2.75) is 0 Å². The van der Waals surface area contributed by atoms with E-state index in [-0.39, 0.29) is 0 Å². The van der Waals surface area contributed by atoms with Crippen molar-refractivity contribution in [1.29, 1.82) is 0 Å². The van der Waals surface area contributed by atoms with Crippen molar-refractivity contribution in [2.75, 3.05) is 36.9 Å². The lowest BCUT2D eigenvalue weighted by atomic mass is 10.1. The van der Waals surface area contributed by atoms with E-state index in [1.54, 1.807) is 0 Å². The molecule has 0 saturated carbocycles. The Bertz CT molecular complexity index is 550. The van der Waals surface area contributed by atoms with E-state index in [1.807, 2.05) is 36.4 Å². The maximum Gasteiger partial charge on any atom is 0.151 e. The number of anilines is 2. The lowest BCUT2D eigenvalue weighted by Crippen LogP contribution is -2.36. The number of hydrogen-bond acceptors (Lipinski definition) is 5. The molecule has 2 heterocycles. The van der Waals surface area contributed by atoms with Crippen LogP contribution in [0.25, 0.3) is 11.3 Å². The van der Waals surface area contributed by atoms with Gasteiger partial charge in [0.15, 0.2) is 5.82 Å². The highest BCUT2D eigenvalue weighted by molar-refractivity contribution is 5.73. The molecule has 0 atom stereocenters. The molecule has 1 saturated heterocycles. The topological polar surface area (TPSA) is 64.3 Å². The van der Waals surface area contributed by atoms with Crippen LogP contribution in [0, 0.1) is 0 Å². The predicted molar refractivity (Wildman–Crippen MR) is 74.9 cm³/mol. The number of ether oxygens (including phenoxy) is 1. The summed E-state index contributed by atoms with van der Waals surface area (Å²) in [6.07, 6.45) is 0. The average molecular weight is 256 g/mol. The molecule has 0 unspecified atom stereocenters. The Labute approximate surface area is 112 Å². The molecule has 2 N–H and O–H groups in total. The summed E-state index contributed by atoms with van der Waals surface area (Å²) in [5.41, 5.74) is 8.38. The summed E-state index contributed by atoms with van der Waals surface area (Å²) in [5.74, 6) is 0.890. The summed E-state index contributed by atoms with van der Waals surface area (Å²) in [7, 11) is 0. The predicted octanol–water partition coefficient (Wildman–Crippen LogP) is 1.56. The summed E-state index contributed by atoms with van der Waals surface area (Å²) in [4.78, 5) is 2.18. The number of aromatic nitrogens is 2. The molecule has 98 valence electrons. The van der Waals surface area contributed by atoms with Crippen LogP contribution in [0.3, 0.4) is 0 Å². The molecule has 3 rings (SSSR count). The van der Waals surface area contributed by atoms with Crippen LogP contribution in [-0.4, -0.2) is 36.5 Å². The first kappa shape index (κ1) is 11.9. The Morgan fingerprint density at radius 2 is 1.79 bits per heavy atom. The quantitative estimate of drug-likeness (QED) is 0.826. The number of para-hydroxylation sites is 1. The zero-order chi connectivity index (χ0) is 13.1. The first-order chi connectivity index (χ1) is 9.34. The van der Waals surface area contributed by atoms with Crippen molar-refractivity contribution >= 4 is 11.5 Å². The van der Waals surface area contributed by atoms with E-state index in [4.69, 9.17) is 10.5 Å². The van der Waals surface area contributed by atoms with E-state index < -0.39 is 0 Å². The summed E-state index contributed by atoms with van der Waals surface area (Å²) >= 11 is 0. The van der Waals surface area contributed by atoms with Crippen LogP contribution in [0.4, 0.5) is 11.5 Å². The van der Waals surface area contributed by atoms with Crippen LogP contribution in [0.2, 0.25) is 0 Å². The Morgan fingerprint density at radius 3 is 2.47 bits per heavy atom. The number of nitrogen functional groups attached to an aromatic ring is 1. The van der Waals surface area contributed by atoms with E-state index in [2.05, 4.69) is 15.1 Å². The smallest absolute Gasteiger partial charge is 0.151 e. The second kappa shape index (κ2) is 5.24. The van der Waals surface area contributed by atoms with Crippen LogP contribution in [-0.2, 0) is 4.74 Å². The maximum absolute atomic E-state index is 5.94. The molecule has 1 aromatic heterocycles. The third-order valence-corrected chi connectivity index (χ3v) is 3.22. The zero-order valence-electron chi connectivity index (χ0n) is 10.6. The molecular weight excluding hydrogens is 240 g/mol. The number of nitrogens with two attached hydrogens (primary N) is 1. The van der Waals surface area contributed by atoms with Gasteiger partial charge in [-0.1, -0.05) is 18.2 Å². The second-order valence-corrected chi connectivity index (χ2v) is 4.46. The maximum atomic E-state index is 5.94. The Balaban J connectivity index is 1.84. The largest absolute Gasteiger partial charge is 0.398 e. The standard InChI is InChI=1S/C14H16N4O/c15-12-4-2-1-3-11(12)13-5-6-14(17-16-13)18-7-9-19-10-8-18/h1-6H,7-10,15H2. The normalized spacial score (nSPS) is 15.5. The molecule has 0 bridgehead atoms. The van der Waals surface area contributed by atoms with Gasteiger partial charge in [0.2, 0.25) is 0 Å². The zero-order valence-corrected chi connectivity index (χ0v) is 10.6. The molecule has 5 nitrogen and oxygen atoms in total. The summed E-state index contributed by atoms with van der Waals surface area (Å²) < 4.78 is 5.32. The molecule has 5 heteroatoms. The van der Waals surface area contributed by atoms with Crippen LogP contribution in [0.5, 0.6) is 0 Å². The van der Waals surface area contributed by atoms with Gasteiger partial charge in [0, 0.05) is 24.3 Å². The van der Waals surface area contributed by atoms with Crippen LogP contribution < -0.4 is 10.6 Å². The van der Waals surface area contributed by atoms with E-state index in [0.717, 1.165) is 49.1 Å². The molecule has 0 spiro atoms. The first-order valence-corrected chi connectivity index (χ1v) is 6.36. The fraction of sp³-hybridized carbons (Fsp3) is 0.286. The van der Waals surface area contributed by atoms with E-state index in [0.29, 0.717) is 0 Å². The minimum Gasteiger partial charge on any atom is -0.398 e. The lowest BCUT2D eigenvalue weighted by molar-refractivity contribution is 0.122. The van der Waals surface area contributed by atoms with Crippen molar-refractivity contribution < 1.29 is 4.74 Å². The van der Waals surface area contributed by atoms with Crippen molar-refractivity contribution in [1.82, 2.24) is 10.2 Å². The van der Waals surface area contributed by atoms with Crippen molar-refractivity contribution in [3.63, 3.8) is 0 Å². The molecule has 1 aliphatic heterocycles. The molecule has 2 aromatic rings. The van der Waals surface area contributed by atoms with E-state index in [1.165, 1.54) is 0 Å². The highest BCUT2D eigenvalue weighted by atomic mass is 16.5. The number of morpholine rings is 1. The van der Waals surface area contributed by atoms with Crippen LogP contribution in [0.15, 0.2) is 36.4 Å². The Hall–Kier alpha value is -2.14. The summed E-state index contributed by atoms with van der Waals surface area (Å²) in [6, 6.07) is 11.6. The van der Waals surface area contributed by atoms with Gasteiger partial charge in [-0.05, 0) is 18.2 Å². The van der Waals surface area contributed by atoms with Crippen LogP contribution >= 0.6 is 0 Å². The van der Waals surface area contributed by atoms with Crippen molar-refractivity contribution in [3.05, 3.63) is 36.4 Å². The van der Waals surface area contributed by atoms with Gasteiger partial charge in [-0.25, -0.2) is 0 Å². The highest BCUT2D eigenvalue weighted by Crippen LogP contribution is 2.24. The van der Waals surface area contributed by atoms with Gasteiger partial charge in [0.25, 0.3) is 0 Å². The highest BCUT2D eigenvalue weighted by Gasteiger charge is 2.13. The summed E-state index contributed by atoms with van der Waals surface area (Å²) in [6.45, 7) is 3.22. The molecule has 0 amide bonds. The van der Waals surface area contributed by atoms with Gasteiger partial charge in [-0.3, -0.25) is 0 Å². The van der Waals surface area contributed by atoms with Gasteiger partial charge < -0.3 is 15.4 Å². The summed E-state index contributed by atoms with van der Waals surface area (Å²) in [5, 5.41) is 8.56. The van der Waals surface area contributed by atoms with Crippen LogP contribution in [0.1, 0.15) is 0 Å². The third-order valence-electron chi connectivity index (χ3n) is 3.22. The van der Waals surface area contributed by atoms with Gasteiger partial charge >= 0.3 is 0 Å². The number of benzene rings is 1. The lowest BCUT2D eigenvalue weighted by Gasteiger charge is -2.27. The minimum atomic E-state index is 0.718. The van der Waals surface area contributed by atoms with E-state index >= 15 is 0 Å². The Morgan fingerprint density at radius 1 is 1.00 bits per heavy atom. The van der Waals surface area contributed by atoms with Gasteiger partial charge in [0.05, 0.1) is 18.9 Å². The fourth-order valence-corrected chi connectivity index (χ4v) is 2.16. The average Bonchev–Trinajstić information content (AvgIpc) is 2.49. The number of hydrogen-bond donors (Lipinski definition) is 1. The molecule has 19 heavy (non-hydrogen) atoms. The van der Waals surface area contributed by atoms with Gasteiger partial charge in [0.1, 0.15) is 0 Å². The molecule has 1 fully saturated rings. The molecule has 1 aromatic carbocycles. The van der Waals surface area contributed by atoms with Gasteiger partial charge in [-0.2, -0.15) is 0 Å². The molecule has 1 aliphatic rings.